The van der Waals surface area contributed by atoms with Crippen LogP contribution in [0.15, 0.2) is 59.5 Å². The van der Waals surface area contributed by atoms with E-state index in [1.807, 2.05) is 11.8 Å². The van der Waals surface area contributed by atoms with Crippen molar-refractivity contribution in [3.8, 4) is 0 Å². The molecule has 21 heavy (non-hydrogen) atoms. The van der Waals surface area contributed by atoms with Crippen molar-refractivity contribution in [1.82, 2.24) is 5.32 Å². The molecular formula is C19H21NS. The molecule has 0 saturated heterocycles. The Hall–Kier alpha value is -1.25. The van der Waals surface area contributed by atoms with Crippen LogP contribution in [-0.2, 0) is 0 Å². The predicted molar refractivity (Wildman–Crippen MR) is 89.8 cm³/mol. The first-order valence-electron chi connectivity index (χ1n) is 7.91. The summed E-state index contributed by atoms with van der Waals surface area (Å²) in [5.41, 5.74) is 3.15. The topological polar surface area (TPSA) is 12.0 Å². The van der Waals surface area contributed by atoms with Crippen LogP contribution >= 0.6 is 11.8 Å². The van der Waals surface area contributed by atoms with Gasteiger partial charge in [-0.2, -0.15) is 0 Å². The standard InChI is InChI=1S/C19H21NS/c1-2-8-15(9-3-1)18-16-10-4-5-11-17(16)21-14-19(20-18)12-6-7-13-19/h1-5,8-11,18,20H,6-7,12-14H2. The normalized spacial score (nSPS) is 23.7. The molecule has 4 rings (SSSR count). The van der Waals surface area contributed by atoms with Crippen molar-refractivity contribution in [3.63, 3.8) is 0 Å². The number of nitrogens with one attached hydrogen (secondary N) is 1. The summed E-state index contributed by atoms with van der Waals surface area (Å²) in [4.78, 5) is 1.45. The zero-order valence-corrected chi connectivity index (χ0v) is 13.0. The molecule has 0 aromatic heterocycles. The zero-order chi connectivity index (χ0) is 14.1. The Morgan fingerprint density at radius 1 is 0.905 bits per heavy atom. The smallest absolute Gasteiger partial charge is 0.0592 e. The molecule has 1 N–H and O–H groups in total. The molecule has 1 nitrogen and oxygen atoms in total. The molecule has 2 aromatic rings. The molecule has 1 aliphatic carbocycles. The molecule has 2 heteroatoms. The molecule has 1 heterocycles. The monoisotopic (exact) mass is 295 g/mol. The number of hydrogen-bond acceptors (Lipinski definition) is 2. The van der Waals surface area contributed by atoms with Gasteiger partial charge < -0.3 is 0 Å². The van der Waals surface area contributed by atoms with E-state index >= 15 is 0 Å². The molecular weight excluding hydrogens is 274 g/mol. The largest absolute Gasteiger partial charge is 0.300 e. The van der Waals surface area contributed by atoms with Gasteiger partial charge in [0, 0.05) is 16.2 Å². The molecule has 1 aliphatic heterocycles. The van der Waals surface area contributed by atoms with E-state index in [2.05, 4.69) is 59.9 Å². The molecule has 1 spiro atoms. The highest BCUT2D eigenvalue weighted by molar-refractivity contribution is 7.99. The highest BCUT2D eigenvalue weighted by Gasteiger charge is 2.38. The van der Waals surface area contributed by atoms with Crippen molar-refractivity contribution in [2.24, 2.45) is 0 Å². The minimum Gasteiger partial charge on any atom is -0.300 e. The average Bonchev–Trinajstić information content (AvgIpc) is 2.94. The van der Waals surface area contributed by atoms with Gasteiger partial charge in [-0.05, 0) is 30.0 Å². The summed E-state index contributed by atoms with van der Waals surface area (Å²) in [6.07, 6.45) is 5.37. The fraction of sp³-hybridized carbons (Fsp3) is 0.368. The van der Waals surface area contributed by atoms with Crippen LogP contribution in [0.5, 0.6) is 0 Å². The number of rotatable bonds is 1. The first kappa shape index (κ1) is 13.4. The van der Waals surface area contributed by atoms with E-state index in [1.165, 1.54) is 47.5 Å². The predicted octanol–water partition coefficient (Wildman–Crippen LogP) is 4.78. The first-order valence-corrected chi connectivity index (χ1v) is 8.89. The molecule has 2 aromatic carbocycles. The maximum Gasteiger partial charge on any atom is 0.0592 e. The van der Waals surface area contributed by atoms with Gasteiger partial charge in [-0.15, -0.1) is 11.8 Å². The Morgan fingerprint density at radius 2 is 1.62 bits per heavy atom. The molecule has 1 saturated carbocycles. The van der Waals surface area contributed by atoms with E-state index in [-0.39, 0.29) is 0 Å². The lowest BCUT2D eigenvalue weighted by molar-refractivity contribution is 0.346. The van der Waals surface area contributed by atoms with Crippen molar-refractivity contribution in [2.75, 3.05) is 5.75 Å². The second-order valence-corrected chi connectivity index (χ2v) is 7.32. The molecule has 2 aliphatic rings. The molecule has 0 amide bonds. The number of hydrogen-bond donors (Lipinski definition) is 1. The Labute approximate surface area is 131 Å². The van der Waals surface area contributed by atoms with Gasteiger partial charge in [0.1, 0.15) is 0 Å². The van der Waals surface area contributed by atoms with E-state index < -0.39 is 0 Å². The second-order valence-electron chi connectivity index (χ2n) is 6.30. The van der Waals surface area contributed by atoms with Crippen LogP contribution in [-0.4, -0.2) is 11.3 Å². The van der Waals surface area contributed by atoms with Crippen molar-refractivity contribution in [3.05, 3.63) is 65.7 Å². The van der Waals surface area contributed by atoms with Crippen LogP contribution < -0.4 is 5.32 Å². The molecule has 1 fully saturated rings. The fourth-order valence-corrected chi connectivity index (χ4v) is 5.07. The van der Waals surface area contributed by atoms with Gasteiger partial charge in [0.25, 0.3) is 0 Å². The Bertz CT molecular complexity index is 616. The number of fused-ring (bicyclic) bond motifs is 1. The molecule has 1 unspecified atom stereocenters. The summed E-state index contributed by atoms with van der Waals surface area (Å²) in [5, 5.41) is 4.04. The lowest BCUT2D eigenvalue weighted by atomic mass is 9.93. The summed E-state index contributed by atoms with van der Waals surface area (Å²) >= 11 is 2.04. The molecule has 0 bridgehead atoms. The number of benzene rings is 2. The maximum atomic E-state index is 4.04. The Morgan fingerprint density at radius 3 is 2.43 bits per heavy atom. The third kappa shape index (κ3) is 2.51. The van der Waals surface area contributed by atoms with E-state index in [0.717, 1.165) is 0 Å². The summed E-state index contributed by atoms with van der Waals surface area (Å²) in [5.74, 6) is 1.20. The minimum atomic E-state index is 0.324. The van der Waals surface area contributed by atoms with Crippen LogP contribution in [0.25, 0.3) is 0 Å². The third-order valence-corrected chi connectivity index (χ3v) is 6.26. The summed E-state index contributed by atoms with van der Waals surface area (Å²) in [6.45, 7) is 0. The zero-order valence-electron chi connectivity index (χ0n) is 12.2. The molecule has 0 radical (unpaired) electrons. The van der Waals surface area contributed by atoms with Crippen molar-refractivity contribution in [2.45, 2.75) is 42.2 Å². The van der Waals surface area contributed by atoms with E-state index in [9.17, 15) is 0 Å². The average molecular weight is 295 g/mol. The fourth-order valence-electron chi connectivity index (χ4n) is 3.74. The van der Waals surface area contributed by atoms with Crippen molar-refractivity contribution >= 4 is 11.8 Å². The lowest BCUT2D eigenvalue weighted by Gasteiger charge is -2.32. The van der Waals surface area contributed by atoms with E-state index in [0.29, 0.717) is 11.6 Å². The van der Waals surface area contributed by atoms with Gasteiger partial charge in [-0.25, -0.2) is 0 Å². The van der Waals surface area contributed by atoms with Crippen LogP contribution in [0.1, 0.15) is 42.9 Å². The van der Waals surface area contributed by atoms with Gasteiger partial charge >= 0.3 is 0 Å². The minimum absolute atomic E-state index is 0.324. The van der Waals surface area contributed by atoms with Crippen LogP contribution in [0.2, 0.25) is 0 Å². The highest BCUT2D eigenvalue weighted by atomic mass is 32.2. The van der Waals surface area contributed by atoms with Gasteiger partial charge in [0.15, 0.2) is 0 Å². The van der Waals surface area contributed by atoms with E-state index in [4.69, 9.17) is 0 Å². The Kier molecular flexibility index (Phi) is 3.52. The van der Waals surface area contributed by atoms with E-state index in [1.54, 1.807) is 0 Å². The van der Waals surface area contributed by atoms with Crippen molar-refractivity contribution < 1.29 is 0 Å². The summed E-state index contributed by atoms with van der Waals surface area (Å²) in [7, 11) is 0. The van der Waals surface area contributed by atoms with Crippen LogP contribution in [0.3, 0.4) is 0 Å². The third-order valence-electron chi connectivity index (χ3n) is 4.88. The quantitative estimate of drug-likeness (QED) is 0.812. The summed E-state index contributed by atoms with van der Waals surface area (Å²) in [6, 6.07) is 20.2. The SMILES string of the molecule is c1ccc(C2NC3(CCCC3)CSc3ccccc32)cc1. The lowest BCUT2D eigenvalue weighted by Crippen LogP contribution is -2.46. The number of thioether (sulfide) groups is 1. The van der Waals surface area contributed by atoms with Crippen LogP contribution in [0, 0.1) is 0 Å². The van der Waals surface area contributed by atoms with Gasteiger partial charge in [-0.1, -0.05) is 61.4 Å². The van der Waals surface area contributed by atoms with Gasteiger partial charge in [0.05, 0.1) is 6.04 Å². The summed E-state index contributed by atoms with van der Waals surface area (Å²) < 4.78 is 0. The Balaban J connectivity index is 1.79. The van der Waals surface area contributed by atoms with Crippen LogP contribution in [0.4, 0.5) is 0 Å². The second kappa shape index (κ2) is 5.51. The van der Waals surface area contributed by atoms with Gasteiger partial charge in [-0.3, -0.25) is 5.32 Å². The van der Waals surface area contributed by atoms with Crippen molar-refractivity contribution in [1.29, 1.82) is 0 Å². The highest BCUT2D eigenvalue weighted by Crippen LogP contribution is 2.43. The molecule has 108 valence electrons. The molecule has 1 atom stereocenters. The maximum absolute atomic E-state index is 4.04. The first-order chi connectivity index (χ1) is 10.4. The van der Waals surface area contributed by atoms with Gasteiger partial charge in [0.2, 0.25) is 0 Å².